The van der Waals surface area contributed by atoms with E-state index in [1.807, 2.05) is 13.8 Å². The molecule has 2 aromatic rings. The van der Waals surface area contributed by atoms with Crippen molar-refractivity contribution < 1.29 is 13.2 Å². The quantitative estimate of drug-likeness (QED) is 0.778. The Labute approximate surface area is 148 Å². The van der Waals surface area contributed by atoms with Crippen molar-refractivity contribution in [3.63, 3.8) is 0 Å². The van der Waals surface area contributed by atoms with Crippen LogP contribution in [0.15, 0.2) is 44.4 Å². The molecule has 1 aromatic carbocycles. The summed E-state index contributed by atoms with van der Waals surface area (Å²) in [6.07, 6.45) is 0. The van der Waals surface area contributed by atoms with Crippen LogP contribution in [-0.4, -0.2) is 32.3 Å². The third-order valence-corrected chi connectivity index (χ3v) is 6.72. The van der Waals surface area contributed by atoms with Gasteiger partial charge in [0.1, 0.15) is 4.21 Å². The molecular weight excluding hydrogens is 400 g/mol. The summed E-state index contributed by atoms with van der Waals surface area (Å²) in [5, 5.41) is 0. The van der Waals surface area contributed by atoms with Gasteiger partial charge in [-0.05, 0) is 60.1 Å². The van der Waals surface area contributed by atoms with Crippen LogP contribution in [0, 0.1) is 0 Å². The number of hydrogen-bond donors (Lipinski definition) is 1. The first-order valence-corrected chi connectivity index (χ1v) is 10.1. The van der Waals surface area contributed by atoms with Gasteiger partial charge in [-0.25, -0.2) is 8.42 Å². The van der Waals surface area contributed by atoms with E-state index in [4.69, 9.17) is 0 Å². The van der Waals surface area contributed by atoms with Gasteiger partial charge in [-0.1, -0.05) is 6.07 Å². The molecule has 1 aromatic heterocycles. The highest BCUT2D eigenvalue weighted by Gasteiger charge is 2.18. The van der Waals surface area contributed by atoms with E-state index in [0.717, 1.165) is 15.1 Å². The fourth-order valence-corrected chi connectivity index (χ4v) is 5.12. The van der Waals surface area contributed by atoms with Crippen LogP contribution >= 0.6 is 27.3 Å². The zero-order valence-corrected chi connectivity index (χ0v) is 16.0. The number of thiophene rings is 1. The molecule has 1 N–H and O–H groups in total. The van der Waals surface area contributed by atoms with Gasteiger partial charge in [0.2, 0.25) is 0 Å². The maximum atomic E-state index is 12.3. The lowest BCUT2D eigenvalue weighted by molar-refractivity contribution is 0.0773. The van der Waals surface area contributed by atoms with Crippen molar-refractivity contribution in [2.75, 3.05) is 17.8 Å². The lowest BCUT2D eigenvalue weighted by Gasteiger charge is -2.19. The van der Waals surface area contributed by atoms with E-state index in [1.165, 1.54) is 6.07 Å². The lowest BCUT2D eigenvalue weighted by atomic mass is 10.2. The first kappa shape index (κ1) is 18.0. The monoisotopic (exact) mass is 416 g/mol. The van der Waals surface area contributed by atoms with Crippen molar-refractivity contribution in [1.82, 2.24) is 4.90 Å². The van der Waals surface area contributed by atoms with E-state index in [2.05, 4.69) is 20.7 Å². The Morgan fingerprint density at radius 1 is 1.22 bits per heavy atom. The zero-order valence-electron chi connectivity index (χ0n) is 12.7. The lowest BCUT2D eigenvalue weighted by Crippen LogP contribution is -2.30. The number of sulfonamides is 1. The number of amides is 1. The number of benzene rings is 1. The van der Waals surface area contributed by atoms with E-state index < -0.39 is 10.0 Å². The molecule has 1 heterocycles. The summed E-state index contributed by atoms with van der Waals surface area (Å²) in [4.78, 5) is 14.0. The minimum atomic E-state index is -3.65. The first-order valence-electron chi connectivity index (χ1n) is 7.05. The van der Waals surface area contributed by atoms with Gasteiger partial charge in [-0.2, -0.15) is 0 Å². The standard InChI is InChI=1S/C15H17BrN2O3S2/c1-3-18(4-2)15(19)11-6-5-7-12(10-11)17-23(20,21)14-9-8-13(16)22-14/h5-10,17H,3-4H2,1-2H3. The van der Waals surface area contributed by atoms with E-state index in [0.29, 0.717) is 24.3 Å². The highest BCUT2D eigenvalue weighted by atomic mass is 79.9. The number of carbonyl (C=O) groups is 1. The Morgan fingerprint density at radius 3 is 2.48 bits per heavy atom. The Kier molecular flexibility index (Phi) is 5.83. The van der Waals surface area contributed by atoms with E-state index in [9.17, 15) is 13.2 Å². The molecule has 2 rings (SSSR count). The molecule has 8 heteroatoms. The smallest absolute Gasteiger partial charge is 0.271 e. The van der Waals surface area contributed by atoms with Gasteiger partial charge in [-0.15, -0.1) is 11.3 Å². The zero-order chi connectivity index (χ0) is 17.0. The van der Waals surface area contributed by atoms with E-state index in [1.54, 1.807) is 35.2 Å². The third kappa shape index (κ3) is 4.33. The highest BCUT2D eigenvalue weighted by molar-refractivity contribution is 9.11. The molecule has 0 aliphatic heterocycles. The average Bonchev–Trinajstić information content (AvgIpc) is 2.96. The average molecular weight is 417 g/mol. The van der Waals surface area contributed by atoms with Crippen LogP contribution in [-0.2, 0) is 10.0 Å². The van der Waals surface area contributed by atoms with Gasteiger partial charge in [0.05, 0.1) is 3.79 Å². The number of nitrogens with zero attached hydrogens (tertiary/aromatic N) is 1. The van der Waals surface area contributed by atoms with E-state index >= 15 is 0 Å². The predicted molar refractivity (Wildman–Crippen MR) is 96.5 cm³/mol. The van der Waals surface area contributed by atoms with Crippen LogP contribution in [0.5, 0.6) is 0 Å². The number of hydrogen-bond acceptors (Lipinski definition) is 4. The van der Waals surface area contributed by atoms with Gasteiger partial charge < -0.3 is 4.90 Å². The Morgan fingerprint density at radius 2 is 1.91 bits per heavy atom. The van der Waals surface area contributed by atoms with Crippen LogP contribution in [0.3, 0.4) is 0 Å². The molecule has 0 saturated carbocycles. The van der Waals surface area contributed by atoms with Gasteiger partial charge in [0.25, 0.3) is 15.9 Å². The molecule has 0 bridgehead atoms. The summed E-state index contributed by atoms with van der Waals surface area (Å²) < 4.78 is 28.1. The minimum Gasteiger partial charge on any atom is -0.339 e. The molecule has 5 nitrogen and oxygen atoms in total. The van der Waals surface area contributed by atoms with Crippen molar-refractivity contribution in [3.05, 3.63) is 45.7 Å². The summed E-state index contributed by atoms with van der Waals surface area (Å²) >= 11 is 4.38. The maximum Gasteiger partial charge on any atom is 0.271 e. The Bertz CT molecular complexity index is 799. The molecule has 0 spiro atoms. The topological polar surface area (TPSA) is 66.5 Å². The van der Waals surface area contributed by atoms with Crippen molar-refractivity contribution in [1.29, 1.82) is 0 Å². The second-order valence-corrected chi connectivity index (χ2v) is 9.09. The molecular formula is C15H17BrN2O3S2. The molecule has 23 heavy (non-hydrogen) atoms. The van der Waals surface area contributed by atoms with Crippen LogP contribution in [0.4, 0.5) is 5.69 Å². The van der Waals surface area contributed by atoms with Gasteiger partial charge in [0.15, 0.2) is 0 Å². The highest BCUT2D eigenvalue weighted by Crippen LogP contribution is 2.27. The number of carbonyl (C=O) groups excluding carboxylic acids is 1. The fraction of sp³-hybridized carbons (Fsp3) is 0.267. The molecule has 0 fully saturated rings. The van der Waals surface area contributed by atoms with Gasteiger partial charge in [0, 0.05) is 24.3 Å². The molecule has 0 aliphatic carbocycles. The fourth-order valence-electron chi connectivity index (χ4n) is 2.06. The van der Waals surface area contributed by atoms with Crippen molar-refractivity contribution in [2.45, 2.75) is 18.1 Å². The first-order chi connectivity index (χ1) is 10.9. The largest absolute Gasteiger partial charge is 0.339 e. The molecule has 124 valence electrons. The second kappa shape index (κ2) is 7.46. The number of halogens is 1. The SMILES string of the molecule is CCN(CC)C(=O)c1cccc(NS(=O)(=O)c2ccc(Br)s2)c1. The van der Waals surface area contributed by atoms with E-state index in [-0.39, 0.29) is 10.1 Å². The number of anilines is 1. The van der Waals surface area contributed by atoms with Crippen LogP contribution in [0.2, 0.25) is 0 Å². The normalized spacial score (nSPS) is 11.3. The molecule has 0 radical (unpaired) electrons. The summed E-state index contributed by atoms with van der Waals surface area (Å²) in [6, 6.07) is 9.74. The number of nitrogens with one attached hydrogen (secondary N) is 1. The summed E-state index contributed by atoms with van der Waals surface area (Å²) in [5.74, 6) is -0.116. The summed E-state index contributed by atoms with van der Waals surface area (Å²) in [7, 11) is -3.65. The summed E-state index contributed by atoms with van der Waals surface area (Å²) in [6.45, 7) is 5.02. The molecule has 0 saturated heterocycles. The number of rotatable bonds is 6. The van der Waals surface area contributed by atoms with Gasteiger partial charge in [-0.3, -0.25) is 9.52 Å². The second-order valence-electron chi connectivity index (χ2n) is 4.72. The minimum absolute atomic E-state index is 0.116. The predicted octanol–water partition coefficient (Wildman–Crippen LogP) is 3.79. The maximum absolute atomic E-state index is 12.3. The molecule has 0 aliphatic rings. The molecule has 0 unspecified atom stereocenters. The van der Waals surface area contributed by atoms with Gasteiger partial charge >= 0.3 is 0 Å². The Hall–Kier alpha value is -1.38. The summed E-state index contributed by atoms with van der Waals surface area (Å²) in [5.41, 5.74) is 0.828. The molecule has 1 amide bonds. The third-order valence-electron chi connectivity index (χ3n) is 3.23. The Balaban J connectivity index is 2.25. The van der Waals surface area contributed by atoms with Crippen molar-refractivity contribution in [2.24, 2.45) is 0 Å². The van der Waals surface area contributed by atoms with Crippen LogP contribution in [0.25, 0.3) is 0 Å². The van der Waals surface area contributed by atoms with Crippen LogP contribution < -0.4 is 4.72 Å². The van der Waals surface area contributed by atoms with Crippen molar-refractivity contribution >= 4 is 48.9 Å². The van der Waals surface area contributed by atoms with Crippen LogP contribution in [0.1, 0.15) is 24.2 Å². The molecule has 0 atom stereocenters. The van der Waals surface area contributed by atoms with Crippen molar-refractivity contribution in [3.8, 4) is 0 Å².